The minimum Gasteiger partial charge on any atom is -0.347 e. The Hall–Kier alpha value is -1.64. The van der Waals surface area contributed by atoms with E-state index in [0.29, 0.717) is 34.6 Å². The van der Waals surface area contributed by atoms with E-state index in [4.69, 9.17) is 28.9 Å². The van der Waals surface area contributed by atoms with Crippen LogP contribution in [-0.2, 0) is 17.9 Å². The minimum atomic E-state index is -0.589. The van der Waals surface area contributed by atoms with Crippen molar-refractivity contribution < 1.29 is 9.59 Å². The fourth-order valence-electron chi connectivity index (χ4n) is 3.51. The lowest BCUT2D eigenvalue weighted by Gasteiger charge is -2.35. The molecule has 160 valence electrons. The van der Waals surface area contributed by atoms with Gasteiger partial charge in [-0.25, -0.2) is 0 Å². The maximum Gasteiger partial charge on any atom is 0.261 e. The van der Waals surface area contributed by atoms with E-state index in [0.717, 1.165) is 42.9 Å². The van der Waals surface area contributed by atoms with Crippen molar-refractivity contribution in [3.63, 3.8) is 0 Å². The SMILES string of the molecule is NC1(C(=O)N2CCN(Cc3ccc(C(=O)NCc4ccc(Cl)cc4Cl)s3)CC2)CC1. The van der Waals surface area contributed by atoms with Crippen LogP contribution in [0, 0.1) is 0 Å². The topological polar surface area (TPSA) is 78.7 Å². The van der Waals surface area contributed by atoms with E-state index >= 15 is 0 Å². The highest BCUT2D eigenvalue weighted by Crippen LogP contribution is 2.34. The Kier molecular flexibility index (Phi) is 6.36. The standard InChI is InChI=1S/C21H24Cl2N4O2S/c22-15-2-1-14(17(23)11-15)12-25-19(28)18-4-3-16(30-18)13-26-7-9-27(10-8-26)20(29)21(24)5-6-21/h1-4,11H,5-10,12-13,24H2,(H,25,28). The van der Waals surface area contributed by atoms with Crippen LogP contribution >= 0.6 is 34.5 Å². The first kappa shape index (κ1) is 21.6. The van der Waals surface area contributed by atoms with Gasteiger partial charge in [0, 0.05) is 54.2 Å². The molecule has 0 bridgehead atoms. The highest BCUT2D eigenvalue weighted by Gasteiger charge is 2.48. The smallest absolute Gasteiger partial charge is 0.261 e. The van der Waals surface area contributed by atoms with Crippen molar-refractivity contribution in [2.75, 3.05) is 26.2 Å². The molecule has 30 heavy (non-hydrogen) atoms. The monoisotopic (exact) mass is 466 g/mol. The van der Waals surface area contributed by atoms with Gasteiger partial charge >= 0.3 is 0 Å². The van der Waals surface area contributed by atoms with Gasteiger partial charge in [0.2, 0.25) is 5.91 Å². The second kappa shape index (κ2) is 8.85. The summed E-state index contributed by atoms with van der Waals surface area (Å²) in [6, 6.07) is 9.07. The molecule has 2 aliphatic rings. The molecule has 0 spiro atoms. The molecule has 6 nitrogen and oxygen atoms in total. The van der Waals surface area contributed by atoms with Crippen LogP contribution in [0.2, 0.25) is 10.0 Å². The van der Waals surface area contributed by atoms with Gasteiger partial charge in [0.25, 0.3) is 5.91 Å². The van der Waals surface area contributed by atoms with Crippen molar-refractivity contribution in [1.82, 2.24) is 15.1 Å². The summed E-state index contributed by atoms with van der Waals surface area (Å²) < 4.78 is 0. The van der Waals surface area contributed by atoms with Crippen LogP contribution in [0.1, 0.15) is 33.0 Å². The quantitative estimate of drug-likeness (QED) is 0.685. The normalized spacial score (nSPS) is 18.3. The number of hydrogen-bond acceptors (Lipinski definition) is 5. The number of hydrogen-bond donors (Lipinski definition) is 2. The summed E-state index contributed by atoms with van der Waals surface area (Å²) in [4.78, 5) is 30.8. The zero-order valence-electron chi connectivity index (χ0n) is 16.5. The largest absolute Gasteiger partial charge is 0.347 e. The van der Waals surface area contributed by atoms with Gasteiger partial charge in [0.1, 0.15) is 0 Å². The van der Waals surface area contributed by atoms with Crippen molar-refractivity contribution in [2.24, 2.45) is 5.73 Å². The fourth-order valence-corrected chi connectivity index (χ4v) is 4.95. The molecule has 1 saturated heterocycles. The Morgan fingerprint density at radius 2 is 1.83 bits per heavy atom. The molecule has 1 aromatic carbocycles. The third-order valence-electron chi connectivity index (χ3n) is 5.59. The molecular formula is C21H24Cl2N4O2S. The van der Waals surface area contributed by atoms with E-state index in [1.807, 2.05) is 23.1 Å². The van der Waals surface area contributed by atoms with Gasteiger partial charge in [-0.2, -0.15) is 0 Å². The van der Waals surface area contributed by atoms with Crippen molar-refractivity contribution in [3.8, 4) is 0 Å². The number of benzene rings is 1. The highest BCUT2D eigenvalue weighted by atomic mass is 35.5. The van der Waals surface area contributed by atoms with Crippen LogP contribution < -0.4 is 11.1 Å². The third kappa shape index (κ3) is 4.98. The van der Waals surface area contributed by atoms with Crippen LogP contribution in [0.25, 0.3) is 0 Å². The van der Waals surface area contributed by atoms with Gasteiger partial charge in [-0.05, 0) is 42.7 Å². The number of halogens is 2. The minimum absolute atomic E-state index is 0.0954. The number of amides is 2. The lowest BCUT2D eigenvalue weighted by atomic mass is 10.2. The lowest BCUT2D eigenvalue weighted by molar-refractivity contribution is -0.135. The van der Waals surface area contributed by atoms with Gasteiger partial charge in [0.05, 0.1) is 10.4 Å². The molecule has 1 aromatic heterocycles. The summed E-state index contributed by atoms with van der Waals surface area (Å²) in [5.74, 6) is -0.0246. The van der Waals surface area contributed by atoms with Crippen LogP contribution in [0.5, 0.6) is 0 Å². The molecule has 0 unspecified atom stereocenters. The summed E-state index contributed by atoms with van der Waals surface area (Å²) >= 11 is 13.6. The maximum atomic E-state index is 12.5. The zero-order valence-corrected chi connectivity index (χ0v) is 18.8. The number of carbonyl (C=O) groups excluding carboxylic acids is 2. The molecular weight excluding hydrogens is 443 g/mol. The Bertz CT molecular complexity index is 952. The third-order valence-corrected chi connectivity index (χ3v) is 7.25. The molecule has 2 aromatic rings. The average molecular weight is 467 g/mol. The van der Waals surface area contributed by atoms with Gasteiger partial charge in [-0.1, -0.05) is 29.3 Å². The predicted octanol–water partition coefficient (Wildman–Crippen LogP) is 3.12. The molecule has 2 heterocycles. The number of thiophene rings is 1. The molecule has 4 rings (SSSR count). The molecule has 2 fully saturated rings. The number of nitrogens with zero attached hydrogens (tertiary/aromatic N) is 2. The van der Waals surface area contributed by atoms with E-state index in [1.54, 1.807) is 12.1 Å². The van der Waals surface area contributed by atoms with Gasteiger partial charge in [-0.3, -0.25) is 14.5 Å². The Labute approximate surface area is 189 Å². The Balaban J connectivity index is 1.26. The lowest BCUT2D eigenvalue weighted by Crippen LogP contribution is -2.53. The fraction of sp³-hybridized carbons (Fsp3) is 0.429. The van der Waals surface area contributed by atoms with E-state index < -0.39 is 5.54 Å². The van der Waals surface area contributed by atoms with Gasteiger partial charge in [0.15, 0.2) is 0 Å². The highest BCUT2D eigenvalue weighted by molar-refractivity contribution is 7.14. The summed E-state index contributed by atoms with van der Waals surface area (Å²) in [5, 5.41) is 4.01. The second-order valence-electron chi connectivity index (χ2n) is 7.91. The number of nitrogens with two attached hydrogens (primary N) is 1. The zero-order chi connectivity index (χ0) is 21.3. The Morgan fingerprint density at radius 1 is 1.10 bits per heavy atom. The first-order valence-electron chi connectivity index (χ1n) is 9.95. The van der Waals surface area contributed by atoms with E-state index in [1.165, 1.54) is 11.3 Å². The van der Waals surface area contributed by atoms with Gasteiger partial charge < -0.3 is 16.0 Å². The first-order valence-corrected chi connectivity index (χ1v) is 11.5. The van der Waals surface area contributed by atoms with Crippen molar-refractivity contribution >= 4 is 46.4 Å². The molecule has 1 saturated carbocycles. The number of rotatable bonds is 6. The maximum absolute atomic E-state index is 12.5. The number of nitrogens with one attached hydrogen (secondary N) is 1. The number of piperazine rings is 1. The van der Waals surface area contributed by atoms with Crippen molar-refractivity contribution in [1.29, 1.82) is 0 Å². The van der Waals surface area contributed by atoms with E-state index in [-0.39, 0.29) is 11.8 Å². The second-order valence-corrected chi connectivity index (χ2v) is 9.92. The van der Waals surface area contributed by atoms with E-state index in [2.05, 4.69) is 10.2 Å². The average Bonchev–Trinajstić information content (AvgIpc) is 3.31. The van der Waals surface area contributed by atoms with E-state index in [9.17, 15) is 9.59 Å². The summed E-state index contributed by atoms with van der Waals surface area (Å²) in [7, 11) is 0. The Morgan fingerprint density at radius 3 is 2.50 bits per heavy atom. The summed E-state index contributed by atoms with van der Waals surface area (Å²) in [6.07, 6.45) is 1.60. The van der Waals surface area contributed by atoms with Crippen molar-refractivity contribution in [2.45, 2.75) is 31.5 Å². The molecule has 0 atom stereocenters. The predicted molar refractivity (Wildman–Crippen MR) is 120 cm³/mol. The van der Waals surface area contributed by atoms with Crippen molar-refractivity contribution in [3.05, 3.63) is 55.7 Å². The molecule has 0 radical (unpaired) electrons. The first-order chi connectivity index (χ1) is 14.3. The number of carbonyl (C=O) groups is 2. The summed E-state index contributed by atoms with van der Waals surface area (Å²) in [6.45, 7) is 4.17. The molecule has 2 amide bonds. The van der Waals surface area contributed by atoms with Crippen LogP contribution in [-0.4, -0.2) is 53.3 Å². The van der Waals surface area contributed by atoms with Crippen LogP contribution in [0.4, 0.5) is 0 Å². The molecule has 9 heteroatoms. The molecule has 1 aliphatic heterocycles. The van der Waals surface area contributed by atoms with Gasteiger partial charge in [-0.15, -0.1) is 11.3 Å². The molecule has 1 aliphatic carbocycles. The van der Waals surface area contributed by atoms with Crippen LogP contribution in [0.15, 0.2) is 30.3 Å². The van der Waals surface area contributed by atoms with Crippen LogP contribution in [0.3, 0.4) is 0 Å². The molecule has 3 N–H and O–H groups in total. The summed E-state index contributed by atoms with van der Waals surface area (Å²) in [5.41, 5.74) is 6.27.